The number of thioether (sulfide) groups is 1. The summed E-state index contributed by atoms with van der Waals surface area (Å²) in [5, 5.41) is 13.5. The highest BCUT2D eigenvalue weighted by Gasteiger charge is 2.44. The number of halogens is 1. The zero-order valence-corrected chi connectivity index (χ0v) is 13.9. The first kappa shape index (κ1) is 15.4. The van der Waals surface area contributed by atoms with Crippen molar-refractivity contribution in [3.8, 4) is 0 Å². The first-order valence-electron chi connectivity index (χ1n) is 6.83. The van der Waals surface area contributed by atoms with Gasteiger partial charge >= 0.3 is 0 Å². The molecule has 1 saturated carbocycles. The maximum Gasteiger partial charge on any atom is 0.0624 e. The number of aliphatic hydroxyl groups excluding tert-OH is 1. The normalized spacial score (nSPS) is 18.6. The van der Waals surface area contributed by atoms with Gasteiger partial charge in [-0.1, -0.05) is 35.8 Å². The van der Waals surface area contributed by atoms with Gasteiger partial charge in [0.25, 0.3) is 0 Å². The molecule has 19 heavy (non-hydrogen) atoms. The molecule has 2 nitrogen and oxygen atoms in total. The molecule has 1 aromatic rings. The Bertz CT molecular complexity index is 422. The predicted octanol–water partition coefficient (Wildman–Crippen LogP) is 3.68. The Morgan fingerprint density at radius 2 is 2.21 bits per heavy atom. The average Bonchev–Trinajstić information content (AvgIpc) is 3.19. The molecule has 0 bridgehead atoms. The third-order valence-electron chi connectivity index (χ3n) is 3.51. The van der Waals surface area contributed by atoms with Crippen LogP contribution < -0.4 is 5.32 Å². The Labute approximate surface area is 128 Å². The molecule has 1 aliphatic rings. The Morgan fingerprint density at radius 3 is 2.74 bits per heavy atom. The van der Waals surface area contributed by atoms with Crippen molar-refractivity contribution in [2.75, 3.05) is 12.4 Å². The van der Waals surface area contributed by atoms with Crippen molar-refractivity contribution in [2.24, 2.45) is 5.92 Å². The van der Waals surface area contributed by atoms with E-state index in [9.17, 15) is 5.11 Å². The first-order valence-corrected chi connectivity index (χ1v) is 8.60. The van der Waals surface area contributed by atoms with Gasteiger partial charge in [0.15, 0.2) is 0 Å². The van der Waals surface area contributed by atoms with Crippen LogP contribution in [0.15, 0.2) is 33.6 Å². The smallest absolute Gasteiger partial charge is 0.0624 e. The van der Waals surface area contributed by atoms with E-state index in [-0.39, 0.29) is 12.1 Å². The summed E-state index contributed by atoms with van der Waals surface area (Å²) in [6.45, 7) is 4.52. The lowest BCUT2D eigenvalue weighted by molar-refractivity contribution is 0.150. The second-order valence-corrected chi connectivity index (χ2v) is 7.60. The summed E-state index contributed by atoms with van der Waals surface area (Å²) in [6, 6.07) is 8.75. The molecule has 106 valence electrons. The number of hydrogen-bond donors (Lipinski definition) is 2. The van der Waals surface area contributed by atoms with Crippen LogP contribution in [0.3, 0.4) is 0 Å². The molecule has 2 N–H and O–H groups in total. The minimum Gasteiger partial charge on any atom is -0.394 e. The molecule has 0 radical (unpaired) electrons. The van der Waals surface area contributed by atoms with Crippen LogP contribution in [0.25, 0.3) is 0 Å². The maximum atomic E-state index is 9.88. The van der Waals surface area contributed by atoms with Crippen LogP contribution in [0, 0.1) is 5.92 Å². The van der Waals surface area contributed by atoms with E-state index in [4.69, 9.17) is 0 Å². The number of benzene rings is 1. The highest BCUT2D eigenvalue weighted by atomic mass is 79.9. The Hall–Kier alpha value is -0.0300. The molecule has 0 amide bonds. The van der Waals surface area contributed by atoms with Crippen LogP contribution in [-0.4, -0.2) is 29.0 Å². The van der Waals surface area contributed by atoms with Crippen LogP contribution in [0.1, 0.15) is 26.7 Å². The van der Waals surface area contributed by atoms with Gasteiger partial charge in [-0.05, 0) is 37.0 Å². The molecule has 0 saturated heterocycles. The maximum absolute atomic E-state index is 9.88. The molecule has 0 heterocycles. The fourth-order valence-corrected chi connectivity index (χ4v) is 4.25. The van der Waals surface area contributed by atoms with Gasteiger partial charge in [0.2, 0.25) is 0 Å². The molecule has 0 aliphatic heterocycles. The molecule has 1 aliphatic carbocycles. The lowest BCUT2D eigenvalue weighted by Crippen LogP contribution is -2.55. The van der Waals surface area contributed by atoms with E-state index < -0.39 is 0 Å². The molecular weight excluding hydrogens is 322 g/mol. The van der Waals surface area contributed by atoms with Gasteiger partial charge in [0, 0.05) is 21.2 Å². The molecule has 2 rings (SSSR count). The average molecular weight is 344 g/mol. The van der Waals surface area contributed by atoms with Crippen molar-refractivity contribution in [1.29, 1.82) is 0 Å². The summed E-state index contributed by atoms with van der Waals surface area (Å²) in [5.41, 5.74) is -0.124. The first-order chi connectivity index (χ1) is 9.05. The largest absolute Gasteiger partial charge is 0.394 e. The highest BCUT2D eigenvalue weighted by Crippen LogP contribution is 2.42. The number of nitrogens with one attached hydrogen (secondary N) is 1. The zero-order valence-electron chi connectivity index (χ0n) is 11.5. The number of aliphatic hydroxyl groups is 1. The summed E-state index contributed by atoms with van der Waals surface area (Å²) < 4.78 is 1.11. The molecule has 0 aromatic heterocycles. The van der Waals surface area contributed by atoms with Crippen molar-refractivity contribution in [2.45, 2.75) is 43.2 Å². The fraction of sp³-hybridized carbons (Fsp3) is 0.600. The van der Waals surface area contributed by atoms with E-state index in [1.807, 2.05) is 17.8 Å². The predicted molar refractivity (Wildman–Crippen MR) is 85.7 cm³/mol. The van der Waals surface area contributed by atoms with Crippen LogP contribution in [0.2, 0.25) is 0 Å². The van der Waals surface area contributed by atoms with Crippen LogP contribution >= 0.6 is 27.7 Å². The second-order valence-electron chi connectivity index (χ2n) is 5.63. The Morgan fingerprint density at radius 1 is 1.47 bits per heavy atom. The Kier molecular flexibility index (Phi) is 5.35. The highest BCUT2D eigenvalue weighted by molar-refractivity contribution is 9.10. The summed E-state index contributed by atoms with van der Waals surface area (Å²) in [7, 11) is 0. The minimum atomic E-state index is -0.124. The second kappa shape index (κ2) is 6.61. The van der Waals surface area contributed by atoms with E-state index in [2.05, 4.69) is 53.3 Å². The van der Waals surface area contributed by atoms with Crippen LogP contribution in [-0.2, 0) is 0 Å². The summed E-state index contributed by atoms with van der Waals surface area (Å²) in [6.07, 6.45) is 2.47. The summed E-state index contributed by atoms with van der Waals surface area (Å²) in [4.78, 5) is 1.25. The van der Waals surface area contributed by atoms with Crippen molar-refractivity contribution >= 4 is 27.7 Å². The van der Waals surface area contributed by atoms with Crippen LogP contribution in [0.5, 0.6) is 0 Å². The molecule has 0 spiro atoms. The van der Waals surface area contributed by atoms with E-state index in [1.165, 1.54) is 17.7 Å². The van der Waals surface area contributed by atoms with Gasteiger partial charge in [0.1, 0.15) is 0 Å². The van der Waals surface area contributed by atoms with E-state index in [0.717, 1.165) is 10.2 Å². The Balaban J connectivity index is 2.03. The van der Waals surface area contributed by atoms with Gasteiger partial charge in [-0.2, -0.15) is 0 Å². The zero-order chi connectivity index (χ0) is 13.9. The fourth-order valence-electron chi connectivity index (χ4n) is 2.48. The molecule has 1 unspecified atom stereocenters. The van der Waals surface area contributed by atoms with Crippen LogP contribution in [0.4, 0.5) is 0 Å². The van der Waals surface area contributed by atoms with Crippen molar-refractivity contribution in [3.63, 3.8) is 0 Å². The molecule has 4 heteroatoms. The summed E-state index contributed by atoms with van der Waals surface area (Å²) in [5.74, 6) is 1.54. The van der Waals surface area contributed by atoms with Gasteiger partial charge in [-0.15, -0.1) is 11.8 Å². The molecule has 1 aromatic carbocycles. The van der Waals surface area contributed by atoms with Gasteiger partial charge < -0.3 is 10.4 Å². The number of hydrogen-bond acceptors (Lipinski definition) is 3. The monoisotopic (exact) mass is 343 g/mol. The molecule has 1 fully saturated rings. The topological polar surface area (TPSA) is 32.3 Å². The van der Waals surface area contributed by atoms with Crippen molar-refractivity contribution in [3.05, 3.63) is 28.7 Å². The van der Waals surface area contributed by atoms with Gasteiger partial charge in [-0.3, -0.25) is 0 Å². The SMILES string of the molecule is CC(C)NC(CO)(CSc1cccc(Br)c1)C1CC1. The summed E-state index contributed by atoms with van der Waals surface area (Å²) >= 11 is 5.33. The van der Waals surface area contributed by atoms with Gasteiger partial charge in [-0.25, -0.2) is 0 Å². The quantitative estimate of drug-likeness (QED) is 0.740. The third-order valence-corrected chi connectivity index (χ3v) is 5.25. The standard InChI is InChI=1S/C15H22BrNOS/c1-11(2)17-15(9-18,12-6-7-12)10-19-14-5-3-4-13(16)8-14/h3-5,8,11-12,17-18H,6-7,9-10H2,1-2H3. The third kappa shape index (κ3) is 4.22. The van der Waals surface area contributed by atoms with Gasteiger partial charge in [0.05, 0.1) is 12.1 Å². The minimum absolute atomic E-state index is 0.124. The number of rotatable bonds is 7. The molecular formula is C15H22BrNOS. The van der Waals surface area contributed by atoms with Crippen molar-refractivity contribution in [1.82, 2.24) is 5.32 Å². The van der Waals surface area contributed by atoms with E-state index >= 15 is 0 Å². The van der Waals surface area contributed by atoms with E-state index in [0.29, 0.717) is 12.0 Å². The lowest BCUT2D eigenvalue weighted by atomic mass is 9.95. The van der Waals surface area contributed by atoms with Crippen molar-refractivity contribution < 1.29 is 5.11 Å². The molecule has 1 atom stereocenters. The van der Waals surface area contributed by atoms with E-state index in [1.54, 1.807) is 0 Å². The lowest BCUT2D eigenvalue weighted by Gasteiger charge is -2.35.